The van der Waals surface area contributed by atoms with Gasteiger partial charge in [0.1, 0.15) is 35.2 Å². The number of carbonyl (C=O) groups is 1. The minimum atomic E-state index is -4.78. The van der Waals surface area contributed by atoms with Gasteiger partial charge in [-0.1, -0.05) is 42.1 Å². The van der Waals surface area contributed by atoms with Crippen molar-refractivity contribution in [1.29, 1.82) is 0 Å². The third-order valence-corrected chi connectivity index (χ3v) is 6.26. The minimum absolute atomic E-state index is 0.0348. The van der Waals surface area contributed by atoms with Crippen molar-refractivity contribution in [3.8, 4) is 5.75 Å². The Bertz CT molecular complexity index is 1490. The number of para-hydroxylation sites is 1. The van der Waals surface area contributed by atoms with Crippen molar-refractivity contribution in [2.75, 3.05) is 4.90 Å². The van der Waals surface area contributed by atoms with E-state index in [0.717, 1.165) is 47.3 Å². The maximum Gasteiger partial charge on any atom is 0.573 e. The number of ether oxygens (including phenoxy) is 1. The maximum absolute atomic E-state index is 14.3. The molecule has 0 spiro atoms. The summed E-state index contributed by atoms with van der Waals surface area (Å²) in [6.07, 6.45) is -2.23. The quantitative estimate of drug-likeness (QED) is 0.167. The van der Waals surface area contributed by atoms with E-state index in [1.54, 1.807) is 31.2 Å². The van der Waals surface area contributed by atoms with Crippen LogP contribution in [0.1, 0.15) is 18.1 Å². The molecule has 206 valence electrons. The number of alkyl halides is 3. The number of hydrogen-bond donors (Lipinski definition) is 1. The van der Waals surface area contributed by atoms with Crippen LogP contribution in [-0.2, 0) is 4.79 Å². The number of halogens is 5. The lowest BCUT2D eigenvalue weighted by atomic mass is 10.1. The third kappa shape index (κ3) is 7.08. The van der Waals surface area contributed by atoms with Crippen molar-refractivity contribution >= 4 is 52.6 Å². The number of thioether (sulfide) groups is 1. The number of aliphatic imine (C=N–C) groups is 2. The monoisotopic (exact) mass is 574 g/mol. The molecule has 1 aliphatic rings. The Hall–Kier alpha value is -4.59. The predicted octanol–water partition coefficient (Wildman–Crippen LogP) is 5.79. The summed E-state index contributed by atoms with van der Waals surface area (Å²) in [4.78, 5) is 21.4. The van der Waals surface area contributed by atoms with Crippen molar-refractivity contribution < 1.29 is 31.5 Å². The van der Waals surface area contributed by atoms with Crippen LogP contribution in [-0.4, -0.2) is 41.1 Å². The molecule has 3 aromatic carbocycles. The highest BCUT2D eigenvalue weighted by Crippen LogP contribution is 2.34. The van der Waals surface area contributed by atoms with Gasteiger partial charge < -0.3 is 10.5 Å². The van der Waals surface area contributed by atoms with Crippen LogP contribution in [0.25, 0.3) is 0 Å². The van der Waals surface area contributed by atoms with E-state index in [2.05, 4.69) is 24.9 Å². The van der Waals surface area contributed by atoms with Crippen molar-refractivity contribution in [2.24, 2.45) is 25.9 Å². The normalized spacial score (nSPS) is 17.5. The van der Waals surface area contributed by atoms with Crippen LogP contribution in [0.15, 0.2) is 86.9 Å². The van der Waals surface area contributed by atoms with E-state index in [9.17, 15) is 26.7 Å². The number of anilines is 1. The fourth-order valence-corrected chi connectivity index (χ4v) is 4.27. The standard InChI is InChI=1S/C26H19F5N6O2S/c1-15-24(38)37(22-20(27)3-2-4-21(22)28)25(40-15)36-35-13-16-5-7-17(8-6-16)23(32)34-14-33-18-9-11-19(12-10-18)39-26(29,30)31/h2-15H,1H3,(H2,32,33,34)/b35-13+,36-25-. The molecule has 2 N–H and O–H groups in total. The first-order valence-corrected chi connectivity index (χ1v) is 12.3. The summed E-state index contributed by atoms with van der Waals surface area (Å²) in [7, 11) is 0. The van der Waals surface area contributed by atoms with E-state index in [1.165, 1.54) is 24.4 Å². The molecule has 1 aliphatic heterocycles. The molecule has 3 aromatic rings. The fourth-order valence-electron chi connectivity index (χ4n) is 3.37. The molecule has 1 fully saturated rings. The van der Waals surface area contributed by atoms with Gasteiger partial charge in [0.05, 0.1) is 17.2 Å². The van der Waals surface area contributed by atoms with Gasteiger partial charge >= 0.3 is 6.36 Å². The van der Waals surface area contributed by atoms with Crippen LogP contribution < -0.4 is 15.4 Å². The van der Waals surface area contributed by atoms with Gasteiger partial charge in [-0.3, -0.25) is 9.69 Å². The molecule has 1 saturated heterocycles. The second-order valence-corrected chi connectivity index (χ2v) is 9.36. The molecular weight excluding hydrogens is 555 g/mol. The lowest BCUT2D eigenvalue weighted by Gasteiger charge is -2.16. The van der Waals surface area contributed by atoms with E-state index < -0.39 is 34.8 Å². The van der Waals surface area contributed by atoms with Gasteiger partial charge in [0, 0.05) is 5.56 Å². The molecule has 0 bridgehead atoms. The fraction of sp³-hybridized carbons (Fsp3) is 0.115. The number of nitrogens with zero attached hydrogens (tertiary/aromatic N) is 5. The van der Waals surface area contributed by atoms with Crippen LogP contribution in [0.5, 0.6) is 5.75 Å². The van der Waals surface area contributed by atoms with E-state index in [4.69, 9.17) is 5.73 Å². The molecule has 0 aliphatic carbocycles. The lowest BCUT2D eigenvalue weighted by Crippen LogP contribution is -2.32. The first-order valence-electron chi connectivity index (χ1n) is 11.4. The summed E-state index contributed by atoms with van der Waals surface area (Å²) in [5.41, 5.74) is 6.96. The Morgan fingerprint density at radius 3 is 2.30 bits per heavy atom. The number of hydrogen-bond acceptors (Lipinski definition) is 6. The average Bonchev–Trinajstić information content (AvgIpc) is 3.17. The largest absolute Gasteiger partial charge is 0.573 e. The number of carbonyl (C=O) groups excluding carboxylic acids is 1. The van der Waals surface area contributed by atoms with E-state index in [1.807, 2.05) is 0 Å². The Morgan fingerprint density at radius 1 is 1.02 bits per heavy atom. The van der Waals surface area contributed by atoms with Gasteiger partial charge in [0.25, 0.3) is 0 Å². The molecule has 14 heteroatoms. The van der Waals surface area contributed by atoms with Gasteiger partial charge in [-0.25, -0.2) is 18.8 Å². The molecule has 0 saturated carbocycles. The summed E-state index contributed by atoms with van der Waals surface area (Å²) in [5.74, 6) is -2.55. The van der Waals surface area contributed by atoms with Gasteiger partial charge in [-0.05, 0) is 48.9 Å². The summed E-state index contributed by atoms with van der Waals surface area (Å²) >= 11 is 1.03. The molecule has 1 unspecified atom stereocenters. The van der Waals surface area contributed by atoms with Crippen molar-refractivity contribution in [2.45, 2.75) is 18.5 Å². The predicted molar refractivity (Wildman–Crippen MR) is 144 cm³/mol. The Balaban J connectivity index is 1.41. The van der Waals surface area contributed by atoms with E-state index in [0.29, 0.717) is 16.8 Å². The van der Waals surface area contributed by atoms with Crippen molar-refractivity contribution in [3.63, 3.8) is 0 Å². The van der Waals surface area contributed by atoms with Crippen LogP contribution in [0, 0.1) is 11.6 Å². The highest BCUT2D eigenvalue weighted by molar-refractivity contribution is 8.16. The molecule has 0 aromatic heterocycles. The molecule has 40 heavy (non-hydrogen) atoms. The van der Waals surface area contributed by atoms with Crippen LogP contribution in [0.3, 0.4) is 0 Å². The third-order valence-electron chi connectivity index (χ3n) is 5.23. The molecule has 0 radical (unpaired) electrons. The Kier molecular flexibility index (Phi) is 8.58. The number of amidine groups is 2. The zero-order valence-corrected chi connectivity index (χ0v) is 21.3. The highest BCUT2D eigenvalue weighted by Gasteiger charge is 2.39. The molecule has 1 atom stereocenters. The molecule has 1 heterocycles. The van der Waals surface area contributed by atoms with Crippen LogP contribution in [0.4, 0.5) is 33.3 Å². The second-order valence-electron chi connectivity index (χ2n) is 8.05. The van der Waals surface area contributed by atoms with Crippen LogP contribution >= 0.6 is 11.8 Å². The smallest absolute Gasteiger partial charge is 0.406 e. The number of benzene rings is 3. The van der Waals surface area contributed by atoms with Crippen molar-refractivity contribution in [1.82, 2.24) is 0 Å². The summed E-state index contributed by atoms with van der Waals surface area (Å²) in [6, 6.07) is 14.9. The summed E-state index contributed by atoms with van der Waals surface area (Å²) in [5, 5.41) is 7.40. The van der Waals surface area contributed by atoms with Crippen molar-refractivity contribution in [3.05, 3.63) is 89.5 Å². The number of rotatable bonds is 7. The number of nitrogens with two attached hydrogens (primary N) is 1. The molecule has 1 amide bonds. The highest BCUT2D eigenvalue weighted by atomic mass is 32.2. The molecule has 8 nitrogen and oxygen atoms in total. The maximum atomic E-state index is 14.3. The van der Waals surface area contributed by atoms with Gasteiger partial charge in [-0.2, -0.15) is 5.10 Å². The molecule has 4 rings (SSSR count). The second kappa shape index (κ2) is 12.1. The zero-order chi connectivity index (χ0) is 28.9. The SMILES string of the molecule is CC1S/C(=N\N=C\c2ccc(C(N)=NC=Nc3ccc(OC(F)(F)F)cc3)cc2)N(c2c(F)cccc2F)C1=O. The summed E-state index contributed by atoms with van der Waals surface area (Å²) < 4.78 is 69.1. The first kappa shape index (κ1) is 28.4. The molecular formula is C26H19F5N6O2S. The van der Waals surface area contributed by atoms with Crippen LogP contribution in [0.2, 0.25) is 0 Å². The first-order chi connectivity index (χ1) is 19.0. The minimum Gasteiger partial charge on any atom is -0.406 e. The van der Waals surface area contributed by atoms with Gasteiger partial charge in [0.2, 0.25) is 5.91 Å². The zero-order valence-electron chi connectivity index (χ0n) is 20.5. The van der Waals surface area contributed by atoms with E-state index >= 15 is 0 Å². The Morgan fingerprint density at radius 2 is 1.68 bits per heavy atom. The summed E-state index contributed by atoms with van der Waals surface area (Å²) in [6.45, 7) is 1.60. The average molecular weight is 575 g/mol. The van der Waals surface area contributed by atoms with Gasteiger partial charge in [0.15, 0.2) is 5.17 Å². The topological polar surface area (TPSA) is 105 Å². The lowest BCUT2D eigenvalue weighted by molar-refractivity contribution is -0.274. The van der Waals surface area contributed by atoms with Gasteiger partial charge in [-0.15, -0.1) is 18.3 Å². The Labute approximate surface area is 228 Å². The number of amides is 1. The van der Waals surface area contributed by atoms with E-state index in [-0.39, 0.29) is 16.8 Å².